The average Bonchev–Trinajstić information content (AvgIpc) is 2.42. The first kappa shape index (κ1) is 14.4. The van der Waals surface area contributed by atoms with E-state index in [1.807, 2.05) is 13.0 Å². The smallest absolute Gasteiger partial charge is 0.178 e. The van der Waals surface area contributed by atoms with E-state index in [4.69, 9.17) is 10.5 Å². The van der Waals surface area contributed by atoms with Crippen molar-refractivity contribution < 1.29 is 13.2 Å². The zero-order valence-electron chi connectivity index (χ0n) is 11.5. The van der Waals surface area contributed by atoms with E-state index >= 15 is 0 Å². The van der Waals surface area contributed by atoms with Crippen molar-refractivity contribution in [3.63, 3.8) is 0 Å². The molecule has 0 saturated carbocycles. The molecule has 0 spiro atoms. The van der Waals surface area contributed by atoms with E-state index in [1.165, 1.54) is 0 Å². The molecule has 0 unspecified atom stereocenters. The molecular formula is C15H17NO3S. The van der Waals surface area contributed by atoms with E-state index in [2.05, 4.69) is 0 Å². The van der Waals surface area contributed by atoms with Crippen molar-refractivity contribution in [1.82, 2.24) is 0 Å². The van der Waals surface area contributed by atoms with E-state index in [1.54, 1.807) is 43.3 Å². The highest BCUT2D eigenvalue weighted by atomic mass is 32.2. The van der Waals surface area contributed by atoms with Crippen molar-refractivity contribution in [2.24, 2.45) is 0 Å². The number of aryl methyl sites for hydroxylation is 1. The van der Waals surface area contributed by atoms with E-state index in [-0.39, 0.29) is 5.75 Å². The standard InChI is InChI=1S/C15H17NO3S/c1-3-20(17,18)14-7-5-13(6-8-14)19-15-9-4-12(16)10-11(15)2/h4-10H,3,16H2,1-2H3. The van der Waals surface area contributed by atoms with Crippen LogP contribution in [0.2, 0.25) is 0 Å². The molecule has 0 aliphatic heterocycles. The minimum atomic E-state index is -3.17. The summed E-state index contributed by atoms with van der Waals surface area (Å²) in [6.07, 6.45) is 0. The van der Waals surface area contributed by atoms with Crippen LogP contribution in [0.4, 0.5) is 5.69 Å². The van der Waals surface area contributed by atoms with Crippen LogP contribution in [0.5, 0.6) is 11.5 Å². The lowest BCUT2D eigenvalue weighted by Gasteiger charge is -2.10. The van der Waals surface area contributed by atoms with Gasteiger partial charge in [-0.25, -0.2) is 8.42 Å². The van der Waals surface area contributed by atoms with Crippen LogP contribution in [0.25, 0.3) is 0 Å². The second-order valence-corrected chi connectivity index (χ2v) is 6.78. The van der Waals surface area contributed by atoms with Gasteiger partial charge in [-0.2, -0.15) is 0 Å². The maximum atomic E-state index is 11.7. The van der Waals surface area contributed by atoms with Gasteiger partial charge in [-0.3, -0.25) is 0 Å². The Hall–Kier alpha value is -2.01. The van der Waals surface area contributed by atoms with Gasteiger partial charge in [0.1, 0.15) is 11.5 Å². The molecule has 5 heteroatoms. The molecule has 0 aliphatic carbocycles. The van der Waals surface area contributed by atoms with Gasteiger partial charge in [0.25, 0.3) is 0 Å². The third-order valence-electron chi connectivity index (χ3n) is 2.99. The molecule has 2 rings (SSSR count). The third kappa shape index (κ3) is 3.11. The molecule has 0 heterocycles. The number of ether oxygens (including phenoxy) is 1. The van der Waals surface area contributed by atoms with Gasteiger partial charge in [0.15, 0.2) is 9.84 Å². The van der Waals surface area contributed by atoms with E-state index in [9.17, 15) is 8.42 Å². The Labute approximate surface area is 119 Å². The van der Waals surface area contributed by atoms with Gasteiger partial charge in [-0.15, -0.1) is 0 Å². The van der Waals surface area contributed by atoms with E-state index in [0.717, 1.165) is 5.56 Å². The van der Waals surface area contributed by atoms with Gasteiger partial charge >= 0.3 is 0 Å². The molecule has 0 saturated heterocycles. The van der Waals surface area contributed by atoms with Crippen molar-refractivity contribution in [2.75, 3.05) is 11.5 Å². The van der Waals surface area contributed by atoms with Crippen LogP contribution in [0.1, 0.15) is 12.5 Å². The average molecular weight is 291 g/mol. The van der Waals surface area contributed by atoms with E-state index < -0.39 is 9.84 Å². The largest absolute Gasteiger partial charge is 0.457 e. The number of nitrogen functional groups attached to an aromatic ring is 1. The van der Waals surface area contributed by atoms with Crippen molar-refractivity contribution >= 4 is 15.5 Å². The van der Waals surface area contributed by atoms with Crippen molar-refractivity contribution in [3.05, 3.63) is 48.0 Å². The fraction of sp³-hybridized carbons (Fsp3) is 0.200. The minimum absolute atomic E-state index is 0.0876. The van der Waals surface area contributed by atoms with Gasteiger partial charge < -0.3 is 10.5 Å². The molecule has 4 nitrogen and oxygen atoms in total. The molecule has 0 radical (unpaired) electrons. The number of sulfone groups is 1. The summed E-state index contributed by atoms with van der Waals surface area (Å²) in [5.74, 6) is 1.38. The zero-order chi connectivity index (χ0) is 14.8. The predicted octanol–water partition coefficient (Wildman–Crippen LogP) is 3.16. The second-order valence-electron chi connectivity index (χ2n) is 4.50. The summed E-state index contributed by atoms with van der Waals surface area (Å²) in [4.78, 5) is 0.307. The molecule has 0 amide bonds. The molecule has 2 aromatic carbocycles. The summed E-state index contributed by atoms with van der Waals surface area (Å²) in [6, 6.07) is 11.8. The highest BCUT2D eigenvalue weighted by Crippen LogP contribution is 2.27. The molecule has 0 aliphatic rings. The third-order valence-corrected chi connectivity index (χ3v) is 4.74. The molecule has 20 heavy (non-hydrogen) atoms. The fourth-order valence-electron chi connectivity index (χ4n) is 1.80. The molecular weight excluding hydrogens is 274 g/mol. The van der Waals surface area contributed by atoms with Crippen LogP contribution in [0, 0.1) is 6.92 Å². The van der Waals surface area contributed by atoms with Crippen molar-refractivity contribution in [3.8, 4) is 11.5 Å². The predicted molar refractivity (Wildman–Crippen MR) is 79.8 cm³/mol. The maximum Gasteiger partial charge on any atom is 0.178 e. The molecule has 2 N–H and O–H groups in total. The molecule has 0 aromatic heterocycles. The Kier molecular flexibility index (Phi) is 3.99. The second kappa shape index (κ2) is 5.54. The first-order valence-electron chi connectivity index (χ1n) is 6.29. The Morgan fingerprint density at radius 1 is 1.10 bits per heavy atom. The Bertz CT molecular complexity index is 706. The topological polar surface area (TPSA) is 69.4 Å². The van der Waals surface area contributed by atoms with Crippen LogP contribution in [0.15, 0.2) is 47.4 Å². The van der Waals surface area contributed by atoms with Crippen LogP contribution in [-0.2, 0) is 9.84 Å². The summed E-state index contributed by atoms with van der Waals surface area (Å²) in [5.41, 5.74) is 7.29. The lowest BCUT2D eigenvalue weighted by atomic mass is 10.2. The van der Waals surface area contributed by atoms with Gasteiger partial charge in [-0.05, 0) is 55.0 Å². The number of rotatable bonds is 4. The SMILES string of the molecule is CCS(=O)(=O)c1ccc(Oc2ccc(N)cc2C)cc1. The van der Waals surface area contributed by atoms with Gasteiger partial charge in [0.2, 0.25) is 0 Å². The lowest BCUT2D eigenvalue weighted by Crippen LogP contribution is -2.03. The highest BCUT2D eigenvalue weighted by molar-refractivity contribution is 7.91. The number of anilines is 1. The summed E-state index contributed by atoms with van der Waals surface area (Å²) in [5, 5.41) is 0. The number of hydrogen-bond donors (Lipinski definition) is 1. The fourth-order valence-corrected chi connectivity index (χ4v) is 2.68. The first-order chi connectivity index (χ1) is 9.42. The Morgan fingerprint density at radius 2 is 1.75 bits per heavy atom. The maximum absolute atomic E-state index is 11.7. The summed E-state index contributed by atoms with van der Waals surface area (Å²) in [7, 11) is -3.17. The number of nitrogens with two attached hydrogens (primary N) is 1. The summed E-state index contributed by atoms with van der Waals surface area (Å²) >= 11 is 0. The van der Waals surface area contributed by atoms with Crippen LogP contribution in [0.3, 0.4) is 0 Å². The van der Waals surface area contributed by atoms with Crippen molar-refractivity contribution in [1.29, 1.82) is 0 Å². The molecule has 0 atom stereocenters. The van der Waals surface area contributed by atoms with E-state index in [0.29, 0.717) is 22.1 Å². The molecule has 106 valence electrons. The highest BCUT2D eigenvalue weighted by Gasteiger charge is 2.11. The summed E-state index contributed by atoms with van der Waals surface area (Å²) < 4.78 is 29.1. The lowest BCUT2D eigenvalue weighted by molar-refractivity contribution is 0.478. The Balaban J connectivity index is 2.23. The number of benzene rings is 2. The number of hydrogen-bond acceptors (Lipinski definition) is 4. The monoisotopic (exact) mass is 291 g/mol. The van der Waals surface area contributed by atoms with Gasteiger partial charge in [-0.1, -0.05) is 6.92 Å². The van der Waals surface area contributed by atoms with Gasteiger partial charge in [0.05, 0.1) is 10.6 Å². The minimum Gasteiger partial charge on any atom is -0.457 e. The quantitative estimate of drug-likeness (QED) is 0.878. The van der Waals surface area contributed by atoms with Crippen molar-refractivity contribution in [2.45, 2.75) is 18.7 Å². The van der Waals surface area contributed by atoms with Crippen LogP contribution >= 0.6 is 0 Å². The normalized spacial score (nSPS) is 11.3. The first-order valence-corrected chi connectivity index (χ1v) is 7.94. The molecule has 0 bridgehead atoms. The molecule has 2 aromatic rings. The zero-order valence-corrected chi connectivity index (χ0v) is 12.3. The Morgan fingerprint density at radius 3 is 2.30 bits per heavy atom. The van der Waals surface area contributed by atoms with Crippen LogP contribution < -0.4 is 10.5 Å². The van der Waals surface area contributed by atoms with Crippen LogP contribution in [-0.4, -0.2) is 14.2 Å². The van der Waals surface area contributed by atoms with Gasteiger partial charge in [0, 0.05) is 5.69 Å². The summed E-state index contributed by atoms with van der Waals surface area (Å²) in [6.45, 7) is 3.53. The molecule has 0 fully saturated rings.